The van der Waals surface area contributed by atoms with E-state index in [1.54, 1.807) is 12.1 Å². The summed E-state index contributed by atoms with van der Waals surface area (Å²) in [5.74, 6) is 0.302. The molecule has 5 heteroatoms. The van der Waals surface area contributed by atoms with Gasteiger partial charge in [-0.15, -0.1) is 0 Å². The second-order valence-electron chi connectivity index (χ2n) is 7.05. The quantitative estimate of drug-likeness (QED) is 0.598. The average molecular weight is 357 g/mol. The second kappa shape index (κ2) is 6.68. The third-order valence-electron chi connectivity index (χ3n) is 5.35. The van der Waals surface area contributed by atoms with Crippen molar-refractivity contribution in [3.05, 3.63) is 58.7 Å². The first-order valence-electron chi connectivity index (χ1n) is 8.78. The Morgan fingerprint density at radius 3 is 2.48 bits per heavy atom. The van der Waals surface area contributed by atoms with Crippen LogP contribution in [0.25, 0.3) is 0 Å². The van der Waals surface area contributed by atoms with Gasteiger partial charge in [-0.3, -0.25) is 0 Å². The van der Waals surface area contributed by atoms with Crippen LogP contribution < -0.4 is 4.90 Å². The lowest BCUT2D eigenvalue weighted by atomic mass is 9.93. The number of carbonyl (C=O) groups excluding carboxylic acids is 1. The van der Waals surface area contributed by atoms with Crippen LogP contribution in [0.5, 0.6) is 0 Å². The van der Waals surface area contributed by atoms with Gasteiger partial charge in [0, 0.05) is 13.1 Å². The predicted octanol–water partition coefficient (Wildman–Crippen LogP) is 4.47. The van der Waals surface area contributed by atoms with Crippen molar-refractivity contribution in [3.8, 4) is 0 Å². The Kier molecular flexibility index (Phi) is 4.38. The summed E-state index contributed by atoms with van der Waals surface area (Å²) in [7, 11) is 0. The maximum absolute atomic E-state index is 12.6. The van der Waals surface area contributed by atoms with Crippen LogP contribution in [0, 0.1) is 5.41 Å². The number of rotatable bonds is 4. The summed E-state index contributed by atoms with van der Waals surface area (Å²) in [5.41, 5.74) is 2.03. The van der Waals surface area contributed by atoms with Crippen LogP contribution in [-0.2, 0) is 11.3 Å². The first kappa shape index (κ1) is 16.4. The highest BCUT2D eigenvalue weighted by Gasteiger charge is 2.44. The maximum Gasteiger partial charge on any atom is 0.342 e. The van der Waals surface area contributed by atoms with Crippen molar-refractivity contribution >= 4 is 23.4 Å². The van der Waals surface area contributed by atoms with E-state index >= 15 is 0 Å². The number of ether oxygens (including phenoxy) is 1. The van der Waals surface area contributed by atoms with Crippen LogP contribution in [0.2, 0.25) is 5.15 Å². The molecule has 2 fully saturated rings. The van der Waals surface area contributed by atoms with Gasteiger partial charge in [-0.25, -0.2) is 9.78 Å². The molecule has 0 amide bonds. The van der Waals surface area contributed by atoms with Gasteiger partial charge in [-0.1, -0.05) is 41.9 Å². The lowest BCUT2D eigenvalue weighted by molar-refractivity contribution is 0.0473. The topological polar surface area (TPSA) is 42.4 Å². The summed E-state index contributed by atoms with van der Waals surface area (Å²) in [6.07, 6.45) is 5.02. The molecule has 1 spiro atoms. The standard InChI is InChI=1S/C20H21ClN2O2/c21-17-7-6-16(19(24)25-14-15-4-2-1-3-5-15)18(22-17)23-12-10-20(8-9-20)11-13-23/h1-7H,8-14H2. The number of hydrogen-bond acceptors (Lipinski definition) is 4. The van der Waals surface area contributed by atoms with Crippen molar-refractivity contribution in [2.24, 2.45) is 5.41 Å². The molecule has 130 valence electrons. The summed E-state index contributed by atoms with van der Waals surface area (Å²) in [5, 5.41) is 0.404. The van der Waals surface area contributed by atoms with Crippen molar-refractivity contribution in [2.45, 2.75) is 32.3 Å². The Balaban J connectivity index is 1.49. The summed E-state index contributed by atoms with van der Waals surface area (Å²) < 4.78 is 5.49. The van der Waals surface area contributed by atoms with E-state index in [9.17, 15) is 4.79 Å². The van der Waals surface area contributed by atoms with Crippen molar-refractivity contribution in [1.82, 2.24) is 4.98 Å². The number of halogens is 1. The molecule has 0 N–H and O–H groups in total. The third kappa shape index (κ3) is 3.64. The molecule has 1 aromatic carbocycles. The predicted molar refractivity (Wildman–Crippen MR) is 97.9 cm³/mol. The van der Waals surface area contributed by atoms with Crippen LogP contribution in [0.15, 0.2) is 42.5 Å². The molecular weight excluding hydrogens is 336 g/mol. The number of nitrogens with zero attached hydrogens (tertiary/aromatic N) is 2. The number of hydrogen-bond donors (Lipinski definition) is 0. The largest absolute Gasteiger partial charge is 0.457 e. The van der Waals surface area contributed by atoms with Crippen LogP contribution in [0.4, 0.5) is 5.82 Å². The number of carbonyl (C=O) groups is 1. The van der Waals surface area contributed by atoms with Gasteiger partial charge in [0.25, 0.3) is 0 Å². The molecule has 4 rings (SSSR count). The number of pyridine rings is 1. The average Bonchev–Trinajstić information content (AvgIpc) is 3.40. The Bertz CT molecular complexity index is 765. The second-order valence-corrected chi connectivity index (χ2v) is 7.44. The number of piperidine rings is 1. The van der Waals surface area contributed by atoms with Crippen LogP contribution >= 0.6 is 11.6 Å². The summed E-state index contributed by atoms with van der Waals surface area (Å²) in [6.45, 7) is 2.10. The van der Waals surface area contributed by atoms with Gasteiger partial charge in [0.15, 0.2) is 0 Å². The van der Waals surface area contributed by atoms with Crippen LogP contribution in [0.3, 0.4) is 0 Å². The van der Waals surface area contributed by atoms with Gasteiger partial charge < -0.3 is 9.64 Å². The molecule has 2 heterocycles. The Hall–Kier alpha value is -2.07. The van der Waals surface area contributed by atoms with Gasteiger partial charge in [-0.2, -0.15) is 0 Å². The van der Waals surface area contributed by atoms with Gasteiger partial charge in [0.05, 0.1) is 0 Å². The fourth-order valence-electron chi connectivity index (χ4n) is 3.50. The van der Waals surface area contributed by atoms with Gasteiger partial charge in [0.1, 0.15) is 23.1 Å². The maximum atomic E-state index is 12.6. The van der Waals surface area contributed by atoms with Crippen molar-refractivity contribution in [2.75, 3.05) is 18.0 Å². The number of benzene rings is 1. The third-order valence-corrected chi connectivity index (χ3v) is 5.57. The van der Waals surface area contributed by atoms with E-state index < -0.39 is 0 Å². The number of esters is 1. The summed E-state index contributed by atoms with van der Waals surface area (Å²) >= 11 is 6.09. The van der Waals surface area contributed by atoms with E-state index in [0.717, 1.165) is 18.7 Å². The highest BCUT2D eigenvalue weighted by atomic mass is 35.5. The van der Waals surface area contributed by atoms with E-state index in [4.69, 9.17) is 16.3 Å². The molecule has 25 heavy (non-hydrogen) atoms. The van der Waals surface area contributed by atoms with E-state index in [2.05, 4.69) is 9.88 Å². The summed E-state index contributed by atoms with van der Waals surface area (Å²) in [4.78, 5) is 19.2. The molecule has 4 nitrogen and oxygen atoms in total. The van der Waals surface area contributed by atoms with Gasteiger partial charge >= 0.3 is 5.97 Å². The molecule has 2 aromatic rings. The fraction of sp³-hybridized carbons (Fsp3) is 0.400. The zero-order chi connectivity index (χ0) is 17.3. The van der Waals surface area contributed by atoms with Crippen LogP contribution in [0.1, 0.15) is 41.6 Å². The van der Waals surface area contributed by atoms with Crippen molar-refractivity contribution < 1.29 is 9.53 Å². The zero-order valence-corrected chi connectivity index (χ0v) is 14.8. The molecule has 2 aliphatic rings. The molecule has 0 unspecified atom stereocenters. The van der Waals surface area contributed by atoms with Crippen molar-refractivity contribution in [3.63, 3.8) is 0 Å². The van der Waals surface area contributed by atoms with E-state index in [1.165, 1.54) is 25.7 Å². The smallest absolute Gasteiger partial charge is 0.342 e. The Labute approximate surface area is 152 Å². The van der Waals surface area contributed by atoms with Crippen molar-refractivity contribution in [1.29, 1.82) is 0 Å². The SMILES string of the molecule is O=C(OCc1ccccc1)c1ccc(Cl)nc1N1CCC2(CC1)CC2. The molecule has 1 aliphatic carbocycles. The lowest BCUT2D eigenvalue weighted by Gasteiger charge is -2.33. The highest BCUT2D eigenvalue weighted by Crippen LogP contribution is 2.54. The molecule has 0 radical (unpaired) electrons. The molecule has 1 saturated carbocycles. The van der Waals surface area contributed by atoms with E-state index in [1.807, 2.05) is 30.3 Å². The number of anilines is 1. The zero-order valence-electron chi connectivity index (χ0n) is 14.1. The molecule has 0 atom stereocenters. The normalized spacial score (nSPS) is 18.2. The summed E-state index contributed by atoms with van der Waals surface area (Å²) in [6, 6.07) is 13.0. The molecule has 0 bridgehead atoms. The first-order valence-corrected chi connectivity index (χ1v) is 9.16. The molecule has 1 aliphatic heterocycles. The molecular formula is C20H21ClN2O2. The van der Waals surface area contributed by atoms with Crippen LogP contribution in [-0.4, -0.2) is 24.0 Å². The minimum Gasteiger partial charge on any atom is -0.457 e. The Morgan fingerprint density at radius 2 is 1.80 bits per heavy atom. The monoisotopic (exact) mass is 356 g/mol. The minimum absolute atomic E-state index is 0.255. The van der Waals surface area contributed by atoms with E-state index in [0.29, 0.717) is 21.9 Å². The highest BCUT2D eigenvalue weighted by molar-refractivity contribution is 6.29. The Morgan fingerprint density at radius 1 is 1.08 bits per heavy atom. The van der Waals surface area contributed by atoms with E-state index in [-0.39, 0.29) is 12.6 Å². The lowest BCUT2D eigenvalue weighted by Crippen LogP contribution is -2.36. The van der Waals surface area contributed by atoms with Gasteiger partial charge in [-0.05, 0) is 48.8 Å². The molecule has 1 saturated heterocycles. The first-order chi connectivity index (χ1) is 12.2. The molecule has 1 aromatic heterocycles. The number of aromatic nitrogens is 1. The fourth-order valence-corrected chi connectivity index (χ4v) is 3.64. The minimum atomic E-state index is -0.352. The van der Waals surface area contributed by atoms with Gasteiger partial charge in [0.2, 0.25) is 0 Å².